The number of allylic oxidation sites excluding steroid dienone is 1. The molecule has 128 valence electrons. The Hall–Kier alpha value is -4.22. The number of rotatable bonds is 4. The molecule has 1 aromatic heterocycles. The van der Waals surface area contributed by atoms with Crippen LogP contribution in [-0.4, -0.2) is 14.2 Å². The van der Waals surface area contributed by atoms with Crippen LogP contribution in [-0.2, 0) is 0 Å². The van der Waals surface area contributed by atoms with E-state index in [1.165, 1.54) is 14.2 Å². The number of pyridine rings is 1. The van der Waals surface area contributed by atoms with Crippen molar-refractivity contribution in [2.24, 2.45) is 0 Å². The lowest BCUT2D eigenvalue weighted by Gasteiger charge is -2.08. The van der Waals surface area contributed by atoms with Crippen LogP contribution in [0, 0.1) is 34.0 Å². The summed E-state index contributed by atoms with van der Waals surface area (Å²) in [6.45, 7) is 0. The van der Waals surface area contributed by atoms with E-state index in [9.17, 15) is 10.5 Å². The van der Waals surface area contributed by atoms with E-state index in [1.807, 2.05) is 18.2 Å². The van der Waals surface area contributed by atoms with Crippen molar-refractivity contribution in [3.63, 3.8) is 0 Å². The fourth-order valence-corrected chi connectivity index (χ4v) is 2.37. The molecule has 5 N–H and O–H groups in total. The smallest absolute Gasteiger partial charge is 0.291 e. The van der Waals surface area contributed by atoms with Crippen molar-refractivity contribution in [2.75, 3.05) is 25.7 Å². The minimum Gasteiger partial charge on any atom is -0.493 e. The first-order chi connectivity index (χ1) is 12.5. The Kier molecular flexibility index (Phi) is 5.27. The number of anilines is 2. The summed E-state index contributed by atoms with van der Waals surface area (Å²) >= 11 is 0. The molecule has 0 aliphatic carbocycles. The van der Waals surface area contributed by atoms with Crippen molar-refractivity contribution < 1.29 is 14.5 Å². The van der Waals surface area contributed by atoms with Crippen LogP contribution in [0.2, 0.25) is 0 Å². The van der Waals surface area contributed by atoms with Crippen LogP contribution < -0.4 is 25.9 Å². The predicted molar refractivity (Wildman–Crippen MR) is 94.3 cm³/mol. The summed E-state index contributed by atoms with van der Waals surface area (Å²) in [5, 5.41) is 28.0. The number of nitrogens with two attached hydrogens (primary N) is 2. The minimum atomic E-state index is -0.0743. The Morgan fingerprint density at radius 1 is 1.04 bits per heavy atom. The van der Waals surface area contributed by atoms with E-state index in [-0.39, 0.29) is 33.9 Å². The first-order valence-corrected chi connectivity index (χ1v) is 7.29. The van der Waals surface area contributed by atoms with Gasteiger partial charge in [0.1, 0.15) is 29.3 Å². The fraction of sp³-hybridized carbons (Fsp3) is 0.111. The van der Waals surface area contributed by atoms with Gasteiger partial charge in [-0.3, -0.25) is 5.73 Å². The molecule has 0 radical (unpaired) electrons. The van der Waals surface area contributed by atoms with E-state index in [4.69, 9.17) is 26.2 Å². The fourth-order valence-electron chi connectivity index (χ4n) is 2.37. The van der Waals surface area contributed by atoms with Gasteiger partial charge in [0.05, 0.1) is 19.9 Å². The molecular weight excluding hydrogens is 332 g/mol. The Bertz CT molecular complexity index is 1020. The van der Waals surface area contributed by atoms with E-state index in [1.54, 1.807) is 24.3 Å². The van der Waals surface area contributed by atoms with Gasteiger partial charge in [0.2, 0.25) is 0 Å². The first kappa shape index (κ1) is 18.1. The Balaban J connectivity index is 2.67. The molecule has 0 atom stereocenters. The summed E-state index contributed by atoms with van der Waals surface area (Å²) in [5.41, 5.74) is 12.4. The third kappa shape index (κ3) is 3.19. The average molecular weight is 347 g/mol. The van der Waals surface area contributed by atoms with E-state index in [2.05, 4.69) is 4.98 Å². The second-order valence-electron chi connectivity index (χ2n) is 5.09. The highest BCUT2D eigenvalue weighted by Crippen LogP contribution is 2.30. The number of nitrogen functional groups attached to an aromatic ring is 2. The molecule has 0 aliphatic heterocycles. The number of nitriles is 3. The molecule has 2 rings (SSSR count). The second-order valence-corrected chi connectivity index (χ2v) is 5.09. The number of nitrogens with zero attached hydrogens (tertiary/aromatic N) is 3. The van der Waals surface area contributed by atoms with E-state index >= 15 is 0 Å². The lowest BCUT2D eigenvalue weighted by atomic mass is 10.0. The molecule has 1 aromatic carbocycles. The van der Waals surface area contributed by atoms with Crippen molar-refractivity contribution in [3.8, 4) is 29.7 Å². The maximum atomic E-state index is 9.55. The van der Waals surface area contributed by atoms with Crippen molar-refractivity contribution in [2.45, 2.75) is 0 Å². The van der Waals surface area contributed by atoms with Crippen LogP contribution >= 0.6 is 0 Å². The van der Waals surface area contributed by atoms with Crippen molar-refractivity contribution in [3.05, 3.63) is 40.6 Å². The predicted octanol–water partition coefficient (Wildman–Crippen LogP) is 1.49. The largest absolute Gasteiger partial charge is 0.493 e. The summed E-state index contributed by atoms with van der Waals surface area (Å²) < 4.78 is 10.4. The number of benzene rings is 1. The molecular formula is C18H15N6O2+. The highest BCUT2D eigenvalue weighted by atomic mass is 16.5. The number of methoxy groups -OCH3 is 2. The maximum Gasteiger partial charge on any atom is 0.291 e. The van der Waals surface area contributed by atoms with Gasteiger partial charge in [0.15, 0.2) is 22.8 Å². The zero-order valence-electron chi connectivity index (χ0n) is 14.1. The Morgan fingerprint density at radius 2 is 1.69 bits per heavy atom. The molecule has 0 aliphatic rings. The van der Waals surface area contributed by atoms with Crippen molar-refractivity contribution >= 4 is 23.2 Å². The average Bonchev–Trinajstić information content (AvgIpc) is 2.65. The summed E-state index contributed by atoms with van der Waals surface area (Å²) in [6.07, 6.45) is 1.54. The monoisotopic (exact) mass is 347 g/mol. The van der Waals surface area contributed by atoms with Gasteiger partial charge < -0.3 is 15.2 Å². The topological polar surface area (TPSA) is 156 Å². The lowest BCUT2D eigenvalue weighted by molar-refractivity contribution is -0.364. The quantitative estimate of drug-likeness (QED) is 0.793. The SMILES string of the molecule is COc1ccc(/C=C(\C#N)c2[nH+]c(N)c(C#N)c(N)c2C#N)cc1OC. The molecule has 8 nitrogen and oxygen atoms in total. The number of nitrogens with one attached hydrogen (secondary N) is 1. The van der Waals surface area contributed by atoms with Gasteiger partial charge in [-0.1, -0.05) is 6.07 Å². The minimum absolute atomic E-state index is 0.0209. The molecule has 0 bridgehead atoms. The standard InChI is InChI=1S/C18H14N6O2/c1-25-14-4-3-10(6-15(14)26-2)5-11(7-19)17-12(8-20)16(22)13(9-21)18(23)24-17/h3-6H,1-2H3,(H4,22,23,24)/p+1/b11-5+. The van der Waals surface area contributed by atoms with E-state index in [0.29, 0.717) is 17.1 Å². The lowest BCUT2D eigenvalue weighted by Crippen LogP contribution is -2.21. The number of hydrogen-bond acceptors (Lipinski definition) is 7. The van der Waals surface area contributed by atoms with Gasteiger partial charge in [-0.05, 0) is 23.8 Å². The third-order valence-electron chi connectivity index (χ3n) is 3.65. The molecule has 0 spiro atoms. The van der Waals surface area contributed by atoms with E-state index in [0.717, 1.165) is 0 Å². The molecule has 1 heterocycles. The van der Waals surface area contributed by atoms with Gasteiger partial charge in [-0.15, -0.1) is 0 Å². The molecule has 2 aromatic rings. The number of ether oxygens (including phenoxy) is 2. The summed E-state index contributed by atoms with van der Waals surface area (Å²) in [6, 6.07) is 10.8. The number of H-pyrrole nitrogens is 1. The molecule has 0 saturated carbocycles. The Morgan fingerprint density at radius 3 is 2.23 bits per heavy atom. The van der Waals surface area contributed by atoms with Crippen LogP contribution in [0.25, 0.3) is 11.6 Å². The zero-order chi connectivity index (χ0) is 19.3. The molecule has 0 unspecified atom stereocenters. The van der Waals surface area contributed by atoms with Crippen LogP contribution in [0.5, 0.6) is 11.5 Å². The van der Waals surface area contributed by atoms with Crippen molar-refractivity contribution in [1.29, 1.82) is 15.8 Å². The zero-order valence-corrected chi connectivity index (χ0v) is 14.1. The van der Waals surface area contributed by atoms with Gasteiger partial charge >= 0.3 is 0 Å². The summed E-state index contributed by atoms with van der Waals surface area (Å²) in [4.78, 5) is 2.72. The van der Waals surface area contributed by atoms with Crippen LogP contribution in [0.4, 0.5) is 11.5 Å². The highest BCUT2D eigenvalue weighted by Gasteiger charge is 2.22. The third-order valence-corrected chi connectivity index (χ3v) is 3.65. The van der Waals surface area contributed by atoms with Crippen LogP contribution in [0.3, 0.4) is 0 Å². The molecule has 0 fully saturated rings. The van der Waals surface area contributed by atoms with Gasteiger partial charge in [-0.25, -0.2) is 4.98 Å². The van der Waals surface area contributed by atoms with Gasteiger partial charge in [-0.2, -0.15) is 15.8 Å². The molecule has 0 amide bonds. The number of hydrogen-bond donors (Lipinski definition) is 2. The second kappa shape index (κ2) is 7.57. The van der Waals surface area contributed by atoms with Crippen LogP contribution in [0.15, 0.2) is 18.2 Å². The van der Waals surface area contributed by atoms with Gasteiger partial charge in [0.25, 0.3) is 5.82 Å². The highest BCUT2D eigenvalue weighted by molar-refractivity contribution is 5.91. The Labute approximate surface area is 150 Å². The number of aromatic amines is 1. The summed E-state index contributed by atoms with van der Waals surface area (Å²) in [7, 11) is 3.02. The maximum absolute atomic E-state index is 9.55. The number of aromatic nitrogens is 1. The molecule has 8 heteroatoms. The van der Waals surface area contributed by atoms with Gasteiger partial charge in [0, 0.05) is 0 Å². The molecule has 0 saturated heterocycles. The molecule has 26 heavy (non-hydrogen) atoms. The summed E-state index contributed by atoms with van der Waals surface area (Å²) in [5.74, 6) is 1.01. The normalized spacial score (nSPS) is 10.3. The first-order valence-electron chi connectivity index (χ1n) is 7.29. The van der Waals surface area contributed by atoms with Crippen molar-refractivity contribution in [1.82, 2.24) is 0 Å². The van der Waals surface area contributed by atoms with E-state index < -0.39 is 0 Å². The van der Waals surface area contributed by atoms with Crippen LogP contribution in [0.1, 0.15) is 22.4 Å².